The fraction of sp³-hybridized carbons (Fsp3) is 0.111. The predicted octanol–water partition coefficient (Wildman–Crippen LogP) is 0.539. The summed E-state index contributed by atoms with van der Waals surface area (Å²) in [6.45, 7) is 1.81. The third-order valence-corrected chi connectivity index (χ3v) is 1.82. The molecule has 2 aromatic heterocycles. The summed E-state index contributed by atoms with van der Waals surface area (Å²) in [4.78, 5) is 22.4. The van der Waals surface area contributed by atoms with Crippen LogP contribution in [0.15, 0.2) is 24.8 Å². The quantitative estimate of drug-likeness (QED) is 0.739. The van der Waals surface area contributed by atoms with Crippen LogP contribution in [-0.2, 0) is 4.79 Å². The smallest absolute Gasteiger partial charge is 0.212 e. The van der Waals surface area contributed by atoms with Crippen LogP contribution in [0.5, 0.6) is 0 Å². The standard InChI is InChI=1S/C9H9N5O/c1-7-10-3-2-9(13-7)14-4-8(11-5-14)12-6-15/h2-6H,1H3,(H,12,15). The SMILES string of the molecule is Cc1nccc(-n2cnc(NC=O)c2)n1. The lowest BCUT2D eigenvalue weighted by Crippen LogP contribution is -1.97. The van der Waals surface area contributed by atoms with Gasteiger partial charge in [-0.3, -0.25) is 9.36 Å². The van der Waals surface area contributed by atoms with Gasteiger partial charge in [0.2, 0.25) is 6.41 Å². The number of hydrogen-bond donors (Lipinski definition) is 1. The Bertz CT molecular complexity index is 479. The van der Waals surface area contributed by atoms with Gasteiger partial charge in [0.25, 0.3) is 0 Å². The number of anilines is 1. The van der Waals surface area contributed by atoms with Crippen molar-refractivity contribution >= 4 is 12.2 Å². The van der Waals surface area contributed by atoms with Gasteiger partial charge < -0.3 is 5.32 Å². The number of amides is 1. The second kappa shape index (κ2) is 3.87. The molecule has 1 N–H and O–H groups in total. The van der Waals surface area contributed by atoms with Crippen LogP contribution in [0.25, 0.3) is 5.82 Å². The van der Waals surface area contributed by atoms with Gasteiger partial charge in [0.1, 0.15) is 18.0 Å². The molecule has 6 nitrogen and oxygen atoms in total. The first kappa shape index (κ1) is 9.32. The molecule has 2 aromatic rings. The monoisotopic (exact) mass is 203 g/mol. The van der Waals surface area contributed by atoms with Crippen molar-refractivity contribution in [1.82, 2.24) is 19.5 Å². The van der Waals surface area contributed by atoms with Crippen LogP contribution in [0.1, 0.15) is 5.82 Å². The largest absolute Gasteiger partial charge is 0.312 e. The van der Waals surface area contributed by atoms with Gasteiger partial charge in [-0.1, -0.05) is 0 Å². The normalized spacial score (nSPS) is 9.93. The molecule has 0 unspecified atom stereocenters. The lowest BCUT2D eigenvalue weighted by molar-refractivity contribution is -0.105. The Morgan fingerprint density at radius 2 is 2.33 bits per heavy atom. The number of carbonyl (C=O) groups excluding carboxylic acids is 1. The zero-order valence-electron chi connectivity index (χ0n) is 8.08. The molecule has 1 amide bonds. The molecule has 2 heterocycles. The summed E-state index contributed by atoms with van der Waals surface area (Å²) < 4.78 is 1.71. The van der Waals surface area contributed by atoms with E-state index in [4.69, 9.17) is 0 Å². The summed E-state index contributed by atoms with van der Waals surface area (Å²) in [5, 5.41) is 2.46. The third-order valence-electron chi connectivity index (χ3n) is 1.82. The van der Waals surface area contributed by atoms with Gasteiger partial charge in [-0.15, -0.1) is 0 Å². The highest BCUT2D eigenvalue weighted by atomic mass is 16.1. The van der Waals surface area contributed by atoms with Gasteiger partial charge >= 0.3 is 0 Å². The second-order valence-electron chi connectivity index (χ2n) is 2.89. The third kappa shape index (κ3) is 1.98. The van der Waals surface area contributed by atoms with E-state index in [2.05, 4.69) is 20.3 Å². The summed E-state index contributed by atoms with van der Waals surface area (Å²) in [5.41, 5.74) is 0. The Kier molecular flexibility index (Phi) is 2.40. The summed E-state index contributed by atoms with van der Waals surface area (Å²) in [6, 6.07) is 1.76. The molecule has 0 aliphatic rings. The highest BCUT2D eigenvalue weighted by Crippen LogP contribution is 2.07. The number of aromatic nitrogens is 4. The molecule has 0 atom stereocenters. The van der Waals surface area contributed by atoms with Crippen molar-refractivity contribution in [2.24, 2.45) is 0 Å². The minimum Gasteiger partial charge on any atom is -0.312 e. The Morgan fingerprint density at radius 1 is 1.47 bits per heavy atom. The van der Waals surface area contributed by atoms with Gasteiger partial charge in [0.05, 0.1) is 6.20 Å². The number of aryl methyl sites for hydroxylation is 1. The van der Waals surface area contributed by atoms with Crippen LogP contribution >= 0.6 is 0 Å². The van der Waals surface area contributed by atoms with Crippen LogP contribution in [-0.4, -0.2) is 25.9 Å². The second-order valence-corrected chi connectivity index (χ2v) is 2.89. The Hall–Kier alpha value is -2.24. The van der Waals surface area contributed by atoms with Crippen molar-refractivity contribution in [2.45, 2.75) is 6.92 Å². The maximum absolute atomic E-state index is 10.2. The zero-order valence-corrected chi connectivity index (χ0v) is 8.08. The van der Waals surface area contributed by atoms with Gasteiger partial charge in [-0.05, 0) is 13.0 Å². The zero-order chi connectivity index (χ0) is 10.7. The highest BCUT2D eigenvalue weighted by Gasteiger charge is 2.01. The molecule has 6 heteroatoms. The van der Waals surface area contributed by atoms with Crippen LogP contribution in [0, 0.1) is 6.92 Å². The van der Waals surface area contributed by atoms with E-state index >= 15 is 0 Å². The number of rotatable bonds is 3. The molecule has 0 fully saturated rings. The Morgan fingerprint density at radius 3 is 3.07 bits per heavy atom. The molecule has 0 aliphatic carbocycles. The van der Waals surface area contributed by atoms with Crippen molar-refractivity contribution < 1.29 is 4.79 Å². The van der Waals surface area contributed by atoms with Crippen molar-refractivity contribution in [1.29, 1.82) is 0 Å². The van der Waals surface area contributed by atoms with E-state index < -0.39 is 0 Å². The van der Waals surface area contributed by atoms with Crippen molar-refractivity contribution in [3.8, 4) is 5.82 Å². The first-order valence-electron chi connectivity index (χ1n) is 4.34. The van der Waals surface area contributed by atoms with E-state index in [1.54, 1.807) is 29.4 Å². The molecule has 0 saturated heterocycles. The molecular formula is C9H9N5O. The van der Waals surface area contributed by atoms with Crippen LogP contribution < -0.4 is 5.32 Å². The van der Waals surface area contributed by atoms with Crippen molar-refractivity contribution in [2.75, 3.05) is 5.32 Å². The van der Waals surface area contributed by atoms with E-state index in [0.717, 1.165) is 0 Å². The number of hydrogen-bond acceptors (Lipinski definition) is 4. The van der Waals surface area contributed by atoms with Gasteiger partial charge in [-0.2, -0.15) is 0 Å². The van der Waals surface area contributed by atoms with E-state index in [1.807, 2.05) is 6.92 Å². The minimum atomic E-state index is 0.487. The molecule has 76 valence electrons. The number of carbonyl (C=O) groups is 1. The summed E-state index contributed by atoms with van der Waals surface area (Å²) in [5.74, 6) is 1.89. The maximum atomic E-state index is 10.2. The summed E-state index contributed by atoms with van der Waals surface area (Å²) in [6.07, 6.45) is 5.51. The first-order valence-corrected chi connectivity index (χ1v) is 4.34. The van der Waals surface area contributed by atoms with E-state index in [9.17, 15) is 4.79 Å². The molecule has 0 aliphatic heterocycles. The fourth-order valence-corrected chi connectivity index (χ4v) is 1.17. The molecule has 0 bridgehead atoms. The topological polar surface area (TPSA) is 72.7 Å². The molecule has 15 heavy (non-hydrogen) atoms. The van der Waals surface area contributed by atoms with Gasteiger partial charge in [-0.25, -0.2) is 15.0 Å². The Balaban J connectivity index is 2.32. The van der Waals surface area contributed by atoms with Crippen LogP contribution in [0.2, 0.25) is 0 Å². The number of imidazole rings is 1. The van der Waals surface area contributed by atoms with E-state index in [0.29, 0.717) is 23.9 Å². The molecule has 0 radical (unpaired) electrons. The fourth-order valence-electron chi connectivity index (χ4n) is 1.17. The summed E-state index contributed by atoms with van der Waals surface area (Å²) in [7, 11) is 0. The first-order chi connectivity index (χ1) is 7.29. The lowest BCUT2D eigenvalue weighted by atomic mass is 10.5. The summed E-state index contributed by atoms with van der Waals surface area (Å²) >= 11 is 0. The molecule has 2 rings (SSSR count). The van der Waals surface area contributed by atoms with E-state index in [-0.39, 0.29) is 0 Å². The average Bonchev–Trinajstić information content (AvgIpc) is 2.67. The number of nitrogens with one attached hydrogen (secondary N) is 1. The predicted molar refractivity (Wildman–Crippen MR) is 53.6 cm³/mol. The van der Waals surface area contributed by atoms with Crippen molar-refractivity contribution in [3.05, 3.63) is 30.6 Å². The molecule has 0 spiro atoms. The lowest BCUT2D eigenvalue weighted by Gasteiger charge is -1.99. The Labute approximate surface area is 86.0 Å². The van der Waals surface area contributed by atoms with Gasteiger partial charge in [0.15, 0.2) is 5.82 Å². The molecular weight excluding hydrogens is 194 g/mol. The van der Waals surface area contributed by atoms with Crippen LogP contribution in [0.4, 0.5) is 5.82 Å². The number of nitrogens with zero attached hydrogens (tertiary/aromatic N) is 4. The van der Waals surface area contributed by atoms with Crippen LogP contribution in [0.3, 0.4) is 0 Å². The molecule has 0 saturated carbocycles. The maximum Gasteiger partial charge on any atom is 0.212 e. The van der Waals surface area contributed by atoms with Crippen molar-refractivity contribution in [3.63, 3.8) is 0 Å². The van der Waals surface area contributed by atoms with E-state index in [1.165, 1.54) is 0 Å². The minimum absolute atomic E-state index is 0.487. The average molecular weight is 203 g/mol. The highest BCUT2D eigenvalue weighted by molar-refractivity contribution is 5.68. The molecule has 0 aromatic carbocycles. The van der Waals surface area contributed by atoms with Gasteiger partial charge in [0, 0.05) is 6.20 Å².